The summed E-state index contributed by atoms with van der Waals surface area (Å²) in [6.45, 7) is 4.45. The van der Waals surface area contributed by atoms with Crippen LogP contribution in [0.2, 0.25) is 0 Å². The van der Waals surface area contributed by atoms with E-state index in [1.54, 1.807) is 0 Å². The average Bonchev–Trinajstić information content (AvgIpc) is 3.17. The minimum Gasteiger partial charge on any atom is -0.462 e. The number of hydrogen-bond acceptors (Lipinski definition) is 7. The molecule has 2 atom stereocenters. The van der Waals surface area contributed by atoms with Gasteiger partial charge in [-0.25, -0.2) is 4.57 Å². The molecule has 0 fully saturated rings. The molecule has 0 spiro atoms. The Labute approximate surface area is 358 Å². The zero-order chi connectivity index (χ0) is 42.8. The molecule has 0 saturated carbocycles. The minimum absolute atomic E-state index is 0.0345. The van der Waals surface area contributed by atoms with E-state index in [1.807, 2.05) is 21.1 Å². The lowest BCUT2D eigenvalue weighted by Crippen LogP contribution is -2.37. The first-order chi connectivity index (χ1) is 28.0. The summed E-state index contributed by atoms with van der Waals surface area (Å²) in [5.41, 5.74) is 0. The van der Waals surface area contributed by atoms with Crippen molar-refractivity contribution in [2.45, 2.75) is 238 Å². The van der Waals surface area contributed by atoms with E-state index in [1.165, 1.54) is 167 Å². The fourth-order valence-electron chi connectivity index (χ4n) is 6.95. The van der Waals surface area contributed by atoms with Gasteiger partial charge >= 0.3 is 19.8 Å². The van der Waals surface area contributed by atoms with E-state index in [0.717, 1.165) is 32.1 Å². The Morgan fingerprint density at radius 3 is 1.28 bits per heavy atom. The smallest absolute Gasteiger partial charge is 0.462 e. The molecule has 0 aromatic heterocycles. The quantitative estimate of drug-likeness (QED) is 0.0212. The highest BCUT2D eigenvalue weighted by molar-refractivity contribution is 7.47. The van der Waals surface area contributed by atoms with E-state index in [-0.39, 0.29) is 32.0 Å². The Morgan fingerprint density at radius 2 is 0.879 bits per heavy atom. The molecule has 1 N–H and O–H groups in total. The average molecular weight is 845 g/mol. The molecule has 0 bridgehead atoms. The SMILES string of the molecule is CCCCCCCC/C=C\CCCCCCCCCC(=O)OC[C@H](COP(=O)(O)OCC[N+](C)(C)C)OC(=O)CCCCCCCCCCCCCCCCCCC. The minimum atomic E-state index is -4.37. The van der Waals surface area contributed by atoms with Gasteiger partial charge in [0, 0.05) is 12.8 Å². The van der Waals surface area contributed by atoms with Crippen LogP contribution in [-0.2, 0) is 32.7 Å². The fourth-order valence-corrected chi connectivity index (χ4v) is 7.69. The number of allylic oxidation sites excluding steroid dienone is 2. The van der Waals surface area contributed by atoms with Crippen molar-refractivity contribution in [3.63, 3.8) is 0 Å². The Balaban J connectivity index is 4.27. The van der Waals surface area contributed by atoms with E-state index in [9.17, 15) is 19.0 Å². The first kappa shape index (κ1) is 56.8. The van der Waals surface area contributed by atoms with Crippen LogP contribution in [-0.4, -0.2) is 74.9 Å². The first-order valence-corrected chi connectivity index (χ1v) is 25.9. The zero-order valence-electron chi connectivity index (χ0n) is 38.8. The first-order valence-electron chi connectivity index (χ1n) is 24.4. The van der Waals surface area contributed by atoms with Crippen molar-refractivity contribution in [1.82, 2.24) is 0 Å². The second kappa shape index (κ2) is 41.1. The van der Waals surface area contributed by atoms with Crippen LogP contribution >= 0.6 is 7.82 Å². The van der Waals surface area contributed by atoms with Crippen molar-refractivity contribution in [3.8, 4) is 0 Å². The number of quaternary nitrogens is 1. The Bertz CT molecular complexity index is 1000. The van der Waals surface area contributed by atoms with Gasteiger partial charge in [-0.1, -0.05) is 193 Å². The highest BCUT2D eigenvalue weighted by atomic mass is 31.2. The molecular weight excluding hydrogens is 750 g/mol. The summed E-state index contributed by atoms with van der Waals surface area (Å²) >= 11 is 0. The number of phosphoric acid groups is 1. The lowest BCUT2D eigenvalue weighted by Gasteiger charge is -2.24. The predicted octanol–water partition coefficient (Wildman–Crippen LogP) is 14.1. The van der Waals surface area contributed by atoms with Gasteiger partial charge in [-0.2, -0.15) is 0 Å². The lowest BCUT2D eigenvalue weighted by molar-refractivity contribution is -0.870. The van der Waals surface area contributed by atoms with Crippen LogP contribution in [0.3, 0.4) is 0 Å². The molecule has 1 unspecified atom stereocenters. The van der Waals surface area contributed by atoms with Crippen molar-refractivity contribution >= 4 is 19.8 Å². The number of nitrogens with zero attached hydrogens (tertiary/aromatic N) is 1. The monoisotopic (exact) mass is 845 g/mol. The van der Waals surface area contributed by atoms with E-state index < -0.39 is 26.5 Å². The van der Waals surface area contributed by atoms with Crippen LogP contribution in [0.15, 0.2) is 12.2 Å². The number of carbonyl (C=O) groups excluding carboxylic acids is 2. The molecule has 0 radical (unpaired) electrons. The maximum Gasteiger partial charge on any atom is 0.472 e. The third kappa shape index (κ3) is 44.3. The van der Waals surface area contributed by atoms with Gasteiger partial charge in [0.1, 0.15) is 19.8 Å². The molecule has 0 amide bonds. The number of hydrogen-bond donors (Lipinski definition) is 1. The van der Waals surface area contributed by atoms with Gasteiger partial charge in [-0.05, 0) is 38.5 Å². The number of carbonyl (C=O) groups is 2. The van der Waals surface area contributed by atoms with Gasteiger partial charge in [0.15, 0.2) is 6.10 Å². The van der Waals surface area contributed by atoms with Crippen LogP contribution in [0.5, 0.6) is 0 Å². The van der Waals surface area contributed by atoms with Crippen molar-refractivity contribution in [2.24, 2.45) is 0 Å². The van der Waals surface area contributed by atoms with Crippen LogP contribution in [0.4, 0.5) is 0 Å². The second-order valence-electron chi connectivity index (χ2n) is 17.9. The third-order valence-electron chi connectivity index (χ3n) is 10.8. The molecule has 344 valence electrons. The molecule has 0 heterocycles. The fraction of sp³-hybridized carbons (Fsp3) is 0.917. The van der Waals surface area contributed by atoms with Gasteiger partial charge in [-0.3, -0.25) is 18.6 Å². The van der Waals surface area contributed by atoms with Crippen LogP contribution < -0.4 is 0 Å². The molecular formula is C48H95NO8P+. The van der Waals surface area contributed by atoms with Crippen LogP contribution in [0, 0.1) is 0 Å². The summed E-state index contributed by atoms with van der Waals surface area (Å²) in [5.74, 6) is -0.790. The molecule has 9 nitrogen and oxygen atoms in total. The Hall–Kier alpha value is -1.25. The molecule has 0 aliphatic carbocycles. The molecule has 0 aliphatic rings. The normalized spacial score (nSPS) is 13.6. The number of unbranched alkanes of at least 4 members (excludes halogenated alkanes) is 29. The summed E-state index contributed by atoms with van der Waals surface area (Å²) in [7, 11) is 1.49. The lowest BCUT2D eigenvalue weighted by atomic mass is 10.0. The van der Waals surface area contributed by atoms with Gasteiger partial charge in [0.2, 0.25) is 0 Å². The van der Waals surface area contributed by atoms with Crippen molar-refractivity contribution < 1.29 is 42.1 Å². The molecule has 10 heteroatoms. The standard InChI is InChI=1S/C48H94NO8P/c1-6-8-10-12-14-16-18-20-22-24-26-28-30-32-34-36-38-40-47(50)54-44-46(45-56-58(52,53)55-43-42-49(3,4)5)57-48(51)41-39-37-35-33-31-29-27-25-23-21-19-17-15-13-11-9-7-2/h20,22,46H,6-19,21,23-45H2,1-5H3/p+1/b22-20-/t46-/m1/s1. The van der Waals surface area contributed by atoms with Crippen LogP contribution in [0.25, 0.3) is 0 Å². The van der Waals surface area contributed by atoms with Crippen molar-refractivity contribution in [3.05, 3.63) is 12.2 Å². The molecule has 0 aromatic carbocycles. The van der Waals surface area contributed by atoms with E-state index >= 15 is 0 Å². The number of likely N-dealkylation sites (N-methyl/N-ethyl adjacent to an activating group) is 1. The van der Waals surface area contributed by atoms with Gasteiger partial charge < -0.3 is 18.9 Å². The maximum absolute atomic E-state index is 12.7. The highest BCUT2D eigenvalue weighted by Gasteiger charge is 2.27. The molecule has 0 saturated heterocycles. The number of ether oxygens (including phenoxy) is 2. The summed E-state index contributed by atoms with van der Waals surface area (Å²) in [6.07, 6.45) is 43.9. The summed E-state index contributed by atoms with van der Waals surface area (Å²) in [5, 5.41) is 0. The highest BCUT2D eigenvalue weighted by Crippen LogP contribution is 2.43. The molecule has 58 heavy (non-hydrogen) atoms. The van der Waals surface area contributed by atoms with E-state index in [0.29, 0.717) is 17.4 Å². The topological polar surface area (TPSA) is 108 Å². The van der Waals surface area contributed by atoms with Gasteiger partial charge in [0.05, 0.1) is 27.7 Å². The number of rotatable bonds is 45. The number of phosphoric ester groups is 1. The maximum atomic E-state index is 12.7. The van der Waals surface area contributed by atoms with Gasteiger partial charge in [-0.15, -0.1) is 0 Å². The zero-order valence-corrected chi connectivity index (χ0v) is 39.7. The summed E-state index contributed by atoms with van der Waals surface area (Å²) in [6, 6.07) is 0. The van der Waals surface area contributed by atoms with E-state index in [4.69, 9.17) is 18.5 Å². The Morgan fingerprint density at radius 1 is 0.517 bits per heavy atom. The van der Waals surface area contributed by atoms with Gasteiger partial charge in [0.25, 0.3) is 0 Å². The predicted molar refractivity (Wildman–Crippen MR) is 243 cm³/mol. The molecule has 0 aliphatic heterocycles. The van der Waals surface area contributed by atoms with Crippen LogP contribution in [0.1, 0.15) is 232 Å². The van der Waals surface area contributed by atoms with Crippen molar-refractivity contribution in [2.75, 3.05) is 47.5 Å². The third-order valence-corrected chi connectivity index (χ3v) is 11.8. The molecule has 0 rings (SSSR count). The number of esters is 2. The summed E-state index contributed by atoms with van der Waals surface area (Å²) in [4.78, 5) is 35.5. The van der Waals surface area contributed by atoms with E-state index in [2.05, 4.69) is 26.0 Å². The molecule has 0 aromatic rings. The largest absolute Gasteiger partial charge is 0.472 e. The van der Waals surface area contributed by atoms with Crippen molar-refractivity contribution in [1.29, 1.82) is 0 Å². The second-order valence-corrected chi connectivity index (χ2v) is 19.3. The summed E-state index contributed by atoms with van der Waals surface area (Å²) < 4.78 is 34.4. The Kier molecular flexibility index (Phi) is 40.2.